The molecule has 0 spiro atoms. The van der Waals surface area contributed by atoms with E-state index in [1.165, 1.54) is 6.07 Å². The summed E-state index contributed by atoms with van der Waals surface area (Å²) >= 11 is 0. The zero-order chi connectivity index (χ0) is 12.5. The number of piperidine rings is 1. The van der Waals surface area contributed by atoms with Crippen LogP contribution in [0.2, 0.25) is 0 Å². The summed E-state index contributed by atoms with van der Waals surface area (Å²) < 4.78 is 13.6. The average molecular weight is 237 g/mol. The van der Waals surface area contributed by atoms with Gasteiger partial charge in [0.1, 0.15) is 5.82 Å². The summed E-state index contributed by atoms with van der Waals surface area (Å²) in [6, 6.07) is 6.39. The normalized spacial score (nSPS) is 25.5. The molecule has 2 N–H and O–H groups in total. The van der Waals surface area contributed by atoms with Crippen LogP contribution in [0.25, 0.3) is 0 Å². The molecule has 1 unspecified atom stereocenters. The van der Waals surface area contributed by atoms with Gasteiger partial charge in [-0.15, -0.1) is 0 Å². The molecule has 0 aliphatic carbocycles. The minimum Gasteiger partial charge on any atom is -0.387 e. The summed E-state index contributed by atoms with van der Waals surface area (Å²) in [7, 11) is 0. The summed E-state index contributed by atoms with van der Waals surface area (Å²) in [6.45, 7) is 4.24. The molecule has 2 nitrogen and oxygen atoms in total. The first-order valence-electron chi connectivity index (χ1n) is 6.20. The Bertz CT molecular complexity index is 392. The molecule has 0 saturated carbocycles. The number of hydrogen-bond donors (Lipinski definition) is 2. The summed E-state index contributed by atoms with van der Waals surface area (Å²) in [5.41, 5.74) is 0.414. The fourth-order valence-electron chi connectivity index (χ4n) is 2.58. The van der Waals surface area contributed by atoms with Crippen LogP contribution in [0.5, 0.6) is 0 Å². The molecule has 2 atom stereocenters. The predicted molar refractivity (Wildman–Crippen MR) is 66.2 cm³/mol. The highest BCUT2D eigenvalue weighted by atomic mass is 19.1. The fraction of sp³-hybridized carbons (Fsp3) is 0.571. The van der Waals surface area contributed by atoms with Crippen LogP contribution in [0.3, 0.4) is 0 Å². The summed E-state index contributed by atoms with van der Waals surface area (Å²) in [4.78, 5) is 0. The van der Waals surface area contributed by atoms with Crippen molar-refractivity contribution < 1.29 is 9.50 Å². The molecule has 1 saturated heterocycles. The maximum atomic E-state index is 13.6. The summed E-state index contributed by atoms with van der Waals surface area (Å²) in [6.07, 6.45) is 2.28. The van der Waals surface area contributed by atoms with Crippen molar-refractivity contribution in [3.05, 3.63) is 35.6 Å². The molecule has 17 heavy (non-hydrogen) atoms. The van der Waals surface area contributed by atoms with E-state index in [9.17, 15) is 9.50 Å². The topological polar surface area (TPSA) is 32.3 Å². The minimum atomic E-state index is -0.768. The van der Waals surface area contributed by atoms with Crippen molar-refractivity contribution in [1.82, 2.24) is 5.32 Å². The third-order valence-electron chi connectivity index (χ3n) is 3.50. The smallest absolute Gasteiger partial charge is 0.129 e. The first kappa shape index (κ1) is 12.5. The highest BCUT2D eigenvalue weighted by Gasteiger charge is 2.32. The van der Waals surface area contributed by atoms with Gasteiger partial charge in [0.05, 0.1) is 6.10 Å². The Morgan fingerprint density at radius 3 is 2.76 bits per heavy atom. The van der Waals surface area contributed by atoms with Gasteiger partial charge in [0.2, 0.25) is 0 Å². The predicted octanol–water partition coefficient (Wildman–Crippen LogP) is 2.78. The molecule has 1 aromatic carbocycles. The van der Waals surface area contributed by atoms with E-state index in [-0.39, 0.29) is 17.4 Å². The number of halogens is 1. The van der Waals surface area contributed by atoms with Crippen LogP contribution in [0, 0.1) is 5.82 Å². The lowest BCUT2D eigenvalue weighted by molar-refractivity contribution is 0.0817. The first-order chi connectivity index (χ1) is 7.99. The Hall–Kier alpha value is -0.930. The van der Waals surface area contributed by atoms with E-state index >= 15 is 0 Å². The van der Waals surface area contributed by atoms with Crippen LogP contribution < -0.4 is 5.32 Å². The number of benzene rings is 1. The molecule has 3 heteroatoms. The van der Waals surface area contributed by atoms with Crippen molar-refractivity contribution in [2.45, 2.75) is 50.8 Å². The summed E-state index contributed by atoms with van der Waals surface area (Å²) in [5, 5.41) is 13.7. The Labute approximate surface area is 102 Å². The molecule has 1 aromatic rings. The molecule has 1 heterocycles. The number of hydrogen-bond acceptors (Lipinski definition) is 2. The van der Waals surface area contributed by atoms with Crippen molar-refractivity contribution in [1.29, 1.82) is 0 Å². The average Bonchev–Trinajstić information content (AvgIpc) is 2.27. The second kappa shape index (κ2) is 4.75. The van der Waals surface area contributed by atoms with E-state index in [4.69, 9.17) is 0 Å². The molecule has 2 rings (SSSR count). The van der Waals surface area contributed by atoms with E-state index in [2.05, 4.69) is 19.2 Å². The highest BCUT2D eigenvalue weighted by molar-refractivity contribution is 5.21. The maximum Gasteiger partial charge on any atom is 0.129 e. The van der Waals surface area contributed by atoms with Crippen molar-refractivity contribution >= 4 is 0 Å². The lowest BCUT2D eigenvalue weighted by atomic mass is 9.85. The van der Waals surface area contributed by atoms with Crippen LogP contribution in [0.4, 0.5) is 4.39 Å². The number of nitrogens with one attached hydrogen (secondary N) is 1. The Morgan fingerprint density at radius 1 is 1.41 bits per heavy atom. The van der Waals surface area contributed by atoms with Crippen molar-refractivity contribution in [2.75, 3.05) is 0 Å². The molecular formula is C14H20FNO. The van der Waals surface area contributed by atoms with Crippen LogP contribution >= 0.6 is 0 Å². The van der Waals surface area contributed by atoms with Crippen molar-refractivity contribution in [3.63, 3.8) is 0 Å². The van der Waals surface area contributed by atoms with Crippen LogP contribution in [-0.2, 0) is 0 Å². The molecular weight excluding hydrogens is 217 g/mol. The third-order valence-corrected chi connectivity index (χ3v) is 3.50. The minimum absolute atomic E-state index is 0.0230. The molecule has 94 valence electrons. The molecule has 1 aliphatic heterocycles. The van der Waals surface area contributed by atoms with Gasteiger partial charge in [0.25, 0.3) is 0 Å². The van der Waals surface area contributed by atoms with Gasteiger partial charge >= 0.3 is 0 Å². The molecule has 0 aromatic heterocycles. The van der Waals surface area contributed by atoms with Gasteiger partial charge in [0, 0.05) is 17.1 Å². The monoisotopic (exact) mass is 237 g/mol. The van der Waals surface area contributed by atoms with E-state index in [0.717, 1.165) is 19.3 Å². The van der Waals surface area contributed by atoms with Gasteiger partial charge in [-0.1, -0.05) is 18.2 Å². The standard InChI is InChI=1S/C14H20FNO/c1-14(2)9-5-8-12(16-14)13(17)10-6-3-4-7-11(10)15/h3-4,6-7,12-13,16-17H,5,8-9H2,1-2H3/t12-,13?/m0/s1. The Morgan fingerprint density at radius 2 is 2.12 bits per heavy atom. The second-order valence-corrected chi connectivity index (χ2v) is 5.49. The van der Waals surface area contributed by atoms with E-state index < -0.39 is 6.10 Å². The van der Waals surface area contributed by atoms with Gasteiger partial charge < -0.3 is 10.4 Å². The lowest BCUT2D eigenvalue weighted by Crippen LogP contribution is -2.51. The molecule has 1 fully saturated rings. The number of aliphatic hydroxyl groups is 1. The first-order valence-corrected chi connectivity index (χ1v) is 6.20. The molecule has 1 aliphatic rings. The Balaban J connectivity index is 2.15. The molecule has 0 amide bonds. The highest BCUT2D eigenvalue weighted by Crippen LogP contribution is 2.29. The van der Waals surface area contributed by atoms with Gasteiger partial charge in [0.15, 0.2) is 0 Å². The lowest BCUT2D eigenvalue weighted by Gasteiger charge is -2.39. The SMILES string of the molecule is CC1(C)CCC[C@@H](C(O)c2ccccc2F)N1. The van der Waals surface area contributed by atoms with Gasteiger partial charge in [-0.3, -0.25) is 0 Å². The maximum absolute atomic E-state index is 13.6. The second-order valence-electron chi connectivity index (χ2n) is 5.49. The van der Waals surface area contributed by atoms with Gasteiger partial charge in [-0.25, -0.2) is 4.39 Å². The van der Waals surface area contributed by atoms with E-state index in [1.54, 1.807) is 18.2 Å². The van der Waals surface area contributed by atoms with E-state index in [1.807, 2.05) is 0 Å². The fourth-order valence-corrected chi connectivity index (χ4v) is 2.58. The Kier molecular flexibility index (Phi) is 3.50. The molecule has 0 radical (unpaired) electrons. The van der Waals surface area contributed by atoms with Crippen LogP contribution in [0.15, 0.2) is 24.3 Å². The number of aliphatic hydroxyl groups excluding tert-OH is 1. The number of rotatable bonds is 2. The van der Waals surface area contributed by atoms with Crippen molar-refractivity contribution in [2.24, 2.45) is 0 Å². The van der Waals surface area contributed by atoms with Crippen LogP contribution in [0.1, 0.15) is 44.8 Å². The quantitative estimate of drug-likeness (QED) is 0.829. The zero-order valence-corrected chi connectivity index (χ0v) is 10.4. The third kappa shape index (κ3) is 2.85. The van der Waals surface area contributed by atoms with Gasteiger partial charge in [-0.05, 0) is 39.2 Å². The molecule has 0 bridgehead atoms. The van der Waals surface area contributed by atoms with Gasteiger partial charge in [-0.2, -0.15) is 0 Å². The van der Waals surface area contributed by atoms with Crippen molar-refractivity contribution in [3.8, 4) is 0 Å². The summed E-state index contributed by atoms with van der Waals surface area (Å²) in [5.74, 6) is -0.329. The van der Waals surface area contributed by atoms with Crippen LogP contribution in [-0.4, -0.2) is 16.7 Å². The van der Waals surface area contributed by atoms with E-state index in [0.29, 0.717) is 5.56 Å². The zero-order valence-electron chi connectivity index (χ0n) is 10.4. The largest absolute Gasteiger partial charge is 0.387 e.